The second-order valence-corrected chi connectivity index (χ2v) is 8.59. The lowest BCUT2D eigenvalue weighted by Gasteiger charge is -2.24. The van der Waals surface area contributed by atoms with Crippen molar-refractivity contribution in [1.29, 1.82) is 0 Å². The summed E-state index contributed by atoms with van der Waals surface area (Å²) in [4.78, 5) is 1.18. The number of anilines is 1. The minimum absolute atomic E-state index is 0.221. The lowest BCUT2D eigenvalue weighted by Crippen LogP contribution is -2.30. The molecule has 0 radical (unpaired) electrons. The SMILES string of the molecule is CCOc1ccc(S(=O)(=O)N(Cc2cccs2)c2ccc(OC)cc2)cc1. The molecule has 0 aliphatic heterocycles. The molecule has 0 unspecified atom stereocenters. The molecule has 27 heavy (non-hydrogen) atoms. The Labute approximate surface area is 163 Å². The van der Waals surface area contributed by atoms with E-state index in [0.29, 0.717) is 23.8 Å². The molecule has 0 amide bonds. The van der Waals surface area contributed by atoms with Crippen molar-refractivity contribution in [1.82, 2.24) is 0 Å². The molecule has 7 heteroatoms. The van der Waals surface area contributed by atoms with Gasteiger partial charge in [-0.2, -0.15) is 0 Å². The molecule has 1 aromatic heterocycles. The van der Waals surface area contributed by atoms with E-state index in [1.165, 1.54) is 15.6 Å². The van der Waals surface area contributed by atoms with Crippen molar-refractivity contribution < 1.29 is 17.9 Å². The van der Waals surface area contributed by atoms with E-state index in [-0.39, 0.29) is 11.4 Å². The standard InChI is InChI=1S/C20H21NO4S2/c1-3-25-18-10-12-20(13-11-18)27(22,23)21(15-19-5-4-14-26-19)16-6-8-17(24-2)9-7-16/h4-14H,3,15H2,1-2H3. The first kappa shape index (κ1) is 19.3. The van der Waals surface area contributed by atoms with Crippen molar-refractivity contribution >= 4 is 27.0 Å². The Balaban J connectivity index is 1.99. The predicted molar refractivity (Wildman–Crippen MR) is 108 cm³/mol. The number of benzene rings is 2. The average Bonchev–Trinajstić information content (AvgIpc) is 3.20. The lowest BCUT2D eigenvalue weighted by atomic mass is 10.3. The maximum Gasteiger partial charge on any atom is 0.264 e. The molecule has 0 saturated heterocycles. The van der Waals surface area contributed by atoms with Crippen LogP contribution < -0.4 is 13.8 Å². The number of ether oxygens (including phenoxy) is 2. The van der Waals surface area contributed by atoms with Gasteiger partial charge < -0.3 is 9.47 Å². The molecule has 0 atom stereocenters. The van der Waals surface area contributed by atoms with E-state index < -0.39 is 10.0 Å². The van der Waals surface area contributed by atoms with Crippen LogP contribution in [0.2, 0.25) is 0 Å². The summed E-state index contributed by atoms with van der Waals surface area (Å²) in [7, 11) is -2.16. The van der Waals surface area contributed by atoms with Crippen LogP contribution in [0.1, 0.15) is 11.8 Å². The number of methoxy groups -OCH3 is 1. The number of hydrogen-bond donors (Lipinski definition) is 0. The van der Waals surface area contributed by atoms with E-state index in [0.717, 1.165) is 4.88 Å². The van der Waals surface area contributed by atoms with Gasteiger partial charge in [-0.1, -0.05) is 6.07 Å². The topological polar surface area (TPSA) is 55.8 Å². The Morgan fingerprint density at radius 2 is 1.63 bits per heavy atom. The van der Waals surface area contributed by atoms with Crippen molar-refractivity contribution in [3.05, 3.63) is 70.9 Å². The van der Waals surface area contributed by atoms with Crippen LogP contribution >= 0.6 is 11.3 Å². The molecule has 0 fully saturated rings. The van der Waals surface area contributed by atoms with Crippen molar-refractivity contribution in [2.75, 3.05) is 18.0 Å². The van der Waals surface area contributed by atoms with Gasteiger partial charge in [0.15, 0.2) is 0 Å². The van der Waals surface area contributed by atoms with Gasteiger partial charge in [0, 0.05) is 4.88 Å². The monoisotopic (exact) mass is 403 g/mol. The second kappa shape index (κ2) is 8.45. The molecule has 0 spiro atoms. The van der Waals surface area contributed by atoms with Gasteiger partial charge in [-0.25, -0.2) is 8.42 Å². The zero-order valence-electron chi connectivity index (χ0n) is 15.2. The first-order valence-corrected chi connectivity index (χ1v) is 10.8. The third-order valence-electron chi connectivity index (χ3n) is 3.96. The molecule has 2 aromatic carbocycles. The average molecular weight is 404 g/mol. The molecular formula is C20H21NO4S2. The van der Waals surface area contributed by atoms with Crippen LogP contribution in [0, 0.1) is 0 Å². The zero-order chi connectivity index (χ0) is 19.3. The van der Waals surface area contributed by atoms with Crippen LogP contribution in [0.5, 0.6) is 11.5 Å². The number of sulfonamides is 1. The fourth-order valence-electron chi connectivity index (χ4n) is 2.61. The van der Waals surface area contributed by atoms with Crippen LogP contribution in [0.15, 0.2) is 70.9 Å². The minimum Gasteiger partial charge on any atom is -0.497 e. The molecular weight excluding hydrogens is 382 g/mol. The highest BCUT2D eigenvalue weighted by Gasteiger charge is 2.25. The van der Waals surface area contributed by atoms with E-state index in [4.69, 9.17) is 9.47 Å². The normalized spacial score (nSPS) is 11.2. The van der Waals surface area contributed by atoms with Gasteiger partial charge >= 0.3 is 0 Å². The van der Waals surface area contributed by atoms with Crippen molar-refractivity contribution in [2.45, 2.75) is 18.4 Å². The van der Waals surface area contributed by atoms with Crippen LogP contribution in [0.3, 0.4) is 0 Å². The maximum atomic E-state index is 13.3. The summed E-state index contributed by atoms with van der Waals surface area (Å²) in [6.45, 7) is 2.68. The van der Waals surface area contributed by atoms with E-state index in [2.05, 4.69) is 0 Å². The Morgan fingerprint density at radius 1 is 0.963 bits per heavy atom. The van der Waals surface area contributed by atoms with Gasteiger partial charge in [0.1, 0.15) is 11.5 Å². The highest BCUT2D eigenvalue weighted by Crippen LogP contribution is 2.29. The molecule has 3 rings (SSSR count). The molecule has 0 aliphatic rings. The summed E-state index contributed by atoms with van der Waals surface area (Å²) in [6.07, 6.45) is 0. The summed E-state index contributed by atoms with van der Waals surface area (Å²) in [5.41, 5.74) is 0.582. The smallest absolute Gasteiger partial charge is 0.264 e. The van der Waals surface area contributed by atoms with Gasteiger partial charge in [0.2, 0.25) is 0 Å². The summed E-state index contributed by atoms with van der Waals surface area (Å²) < 4.78 is 38.7. The highest BCUT2D eigenvalue weighted by atomic mass is 32.2. The van der Waals surface area contributed by atoms with E-state index >= 15 is 0 Å². The van der Waals surface area contributed by atoms with Gasteiger partial charge in [-0.15, -0.1) is 11.3 Å². The van der Waals surface area contributed by atoms with Crippen LogP contribution in [0.4, 0.5) is 5.69 Å². The predicted octanol–water partition coefficient (Wildman–Crippen LogP) is 4.55. The summed E-state index contributed by atoms with van der Waals surface area (Å²) >= 11 is 1.52. The fraction of sp³-hybridized carbons (Fsp3) is 0.200. The van der Waals surface area contributed by atoms with Gasteiger partial charge in [0.25, 0.3) is 10.0 Å². The number of rotatable bonds is 8. The lowest BCUT2D eigenvalue weighted by molar-refractivity contribution is 0.340. The van der Waals surface area contributed by atoms with E-state index in [1.54, 1.807) is 55.6 Å². The number of thiophene rings is 1. The van der Waals surface area contributed by atoms with Crippen molar-refractivity contribution in [2.24, 2.45) is 0 Å². The highest BCUT2D eigenvalue weighted by molar-refractivity contribution is 7.92. The largest absolute Gasteiger partial charge is 0.497 e. The molecule has 1 heterocycles. The fourth-order valence-corrected chi connectivity index (χ4v) is 4.83. The molecule has 0 bridgehead atoms. The molecule has 0 N–H and O–H groups in total. The molecule has 142 valence electrons. The maximum absolute atomic E-state index is 13.3. The van der Waals surface area contributed by atoms with E-state index in [9.17, 15) is 8.42 Å². The van der Waals surface area contributed by atoms with Gasteiger partial charge in [-0.3, -0.25) is 4.31 Å². The minimum atomic E-state index is -3.74. The quantitative estimate of drug-likeness (QED) is 0.554. The molecule has 3 aromatic rings. The summed E-state index contributed by atoms with van der Waals surface area (Å²) in [5.74, 6) is 1.32. The van der Waals surface area contributed by atoms with Crippen molar-refractivity contribution in [3.63, 3.8) is 0 Å². The molecule has 0 aliphatic carbocycles. The van der Waals surface area contributed by atoms with Crippen LogP contribution in [0.25, 0.3) is 0 Å². The Kier molecular flexibility index (Phi) is 6.03. The second-order valence-electron chi connectivity index (χ2n) is 5.69. The third-order valence-corrected chi connectivity index (χ3v) is 6.61. The summed E-state index contributed by atoms with van der Waals surface area (Å²) in [6, 6.07) is 17.3. The van der Waals surface area contributed by atoms with Gasteiger partial charge in [-0.05, 0) is 66.9 Å². The number of nitrogens with zero attached hydrogens (tertiary/aromatic N) is 1. The Bertz CT molecular complexity index is 950. The first-order chi connectivity index (χ1) is 13.0. The third kappa shape index (κ3) is 4.43. The van der Waals surface area contributed by atoms with E-state index in [1.807, 2.05) is 24.4 Å². The Hall–Kier alpha value is -2.51. The summed E-state index contributed by atoms with van der Waals surface area (Å²) in [5, 5.41) is 1.94. The molecule has 0 saturated carbocycles. The number of hydrogen-bond acceptors (Lipinski definition) is 5. The zero-order valence-corrected chi connectivity index (χ0v) is 16.8. The van der Waals surface area contributed by atoms with Gasteiger partial charge in [0.05, 0.1) is 30.8 Å². The first-order valence-electron chi connectivity index (χ1n) is 8.46. The van der Waals surface area contributed by atoms with Crippen LogP contribution in [-0.4, -0.2) is 22.1 Å². The van der Waals surface area contributed by atoms with Crippen LogP contribution in [-0.2, 0) is 16.6 Å². The van der Waals surface area contributed by atoms with Crippen molar-refractivity contribution in [3.8, 4) is 11.5 Å². The molecule has 5 nitrogen and oxygen atoms in total. The Morgan fingerprint density at radius 3 is 2.19 bits per heavy atom.